The van der Waals surface area contributed by atoms with Crippen molar-refractivity contribution in [2.45, 2.75) is 26.7 Å². The fourth-order valence-corrected chi connectivity index (χ4v) is 2.80. The van der Waals surface area contributed by atoms with E-state index in [2.05, 4.69) is 10.6 Å². The van der Waals surface area contributed by atoms with Crippen molar-refractivity contribution in [3.8, 4) is 0 Å². The summed E-state index contributed by atoms with van der Waals surface area (Å²) < 4.78 is 0. The average molecular weight is 369 g/mol. The van der Waals surface area contributed by atoms with Crippen LogP contribution in [0.5, 0.6) is 0 Å². The summed E-state index contributed by atoms with van der Waals surface area (Å²) in [6.07, 6.45) is 1.66. The molecule has 1 aliphatic heterocycles. The molecule has 25 heavy (non-hydrogen) atoms. The zero-order valence-electron chi connectivity index (χ0n) is 15.0. The van der Waals surface area contributed by atoms with E-state index in [9.17, 15) is 9.59 Å². The standard InChI is InChI=1S/C18H28N4O2.ClH/c1-13-5-3-7-16(9-13)21-18(24)22-8-4-6-15(12-22)17(23)20-11-14(2)10-19;/h3,5,7,9,14-15H,4,6,8,10-12,19H2,1-2H3,(H,20,23)(H,21,24);1H. The first-order valence-corrected chi connectivity index (χ1v) is 8.60. The van der Waals surface area contributed by atoms with Gasteiger partial charge in [-0.15, -0.1) is 12.4 Å². The molecule has 7 heteroatoms. The Morgan fingerprint density at radius 1 is 1.40 bits per heavy atom. The van der Waals surface area contributed by atoms with Gasteiger partial charge in [0.15, 0.2) is 0 Å². The molecule has 0 spiro atoms. The van der Waals surface area contributed by atoms with Crippen LogP contribution in [0.25, 0.3) is 0 Å². The Labute approximate surface area is 155 Å². The molecule has 2 atom stereocenters. The minimum Gasteiger partial charge on any atom is -0.355 e. The monoisotopic (exact) mass is 368 g/mol. The summed E-state index contributed by atoms with van der Waals surface area (Å²) >= 11 is 0. The zero-order chi connectivity index (χ0) is 17.5. The lowest BCUT2D eigenvalue weighted by Crippen LogP contribution is -2.47. The second kappa shape index (κ2) is 10.3. The van der Waals surface area contributed by atoms with Crippen LogP contribution in [0.2, 0.25) is 0 Å². The first-order chi connectivity index (χ1) is 11.5. The first kappa shape index (κ1) is 21.3. The molecule has 0 bridgehead atoms. The number of aryl methyl sites for hydroxylation is 1. The van der Waals surface area contributed by atoms with E-state index in [-0.39, 0.29) is 36.2 Å². The maximum atomic E-state index is 12.4. The topological polar surface area (TPSA) is 87.5 Å². The number of hydrogen-bond acceptors (Lipinski definition) is 3. The van der Waals surface area contributed by atoms with Gasteiger partial charge in [-0.1, -0.05) is 19.1 Å². The number of likely N-dealkylation sites (tertiary alicyclic amines) is 1. The number of hydrogen-bond donors (Lipinski definition) is 3. The van der Waals surface area contributed by atoms with Crippen LogP contribution in [-0.4, -0.2) is 43.0 Å². The number of piperidine rings is 1. The van der Waals surface area contributed by atoms with Gasteiger partial charge in [-0.3, -0.25) is 4.79 Å². The second-order valence-electron chi connectivity index (χ2n) is 6.67. The lowest BCUT2D eigenvalue weighted by molar-refractivity contribution is -0.126. The van der Waals surface area contributed by atoms with Crippen LogP contribution in [0.4, 0.5) is 10.5 Å². The van der Waals surface area contributed by atoms with E-state index in [0.29, 0.717) is 26.2 Å². The third-order valence-electron chi connectivity index (χ3n) is 4.38. The molecule has 0 saturated carbocycles. The molecule has 1 fully saturated rings. The molecule has 6 nitrogen and oxygen atoms in total. The van der Waals surface area contributed by atoms with Crippen LogP contribution in [0.15, 0.2) is 24.3 Å². The molecule has 140 valence electrons. The van der Waals surface area contributed by atoms with Crippen molar-refractivity contribution in [3.63, 3.8) is 0 Å². The molecule has 1 aromatic rings. The van der Waals surface area contributed by atoms with E-state index in [1.807, 2.05) is 38.1 Å². The van der Waals surface area contributed by atoms with Gasteiger partial charge in [0.1, 0.15) is 0 Å². The Kier molecular flexibility index (Phi) is 8.72. The number of benzene rings is 1. The van der Waals surface area contributed by atoms with Crippen molar-refractivity contribution in [3.05, 3.63) is 29.8 Å². The molecular formula is C18H29ClN4O2. The number of urea groups is 1. The lowest BCUT2D eigenvalue weighted by atomic mass is 9.97. The fourth-order valence-electron chi connectivity index (χ4n) is 2.80. The van der Waals surface area contributed by atoms with Gasteiger partial charge >= 0.3 is 6.03 Å². The second-order valence-corrected chi connectivity index (χ2v) is 6.67. The van der Waals surface area contributed by atoms with Gasteiger partial charge in [-0.2, -0.15) is 0 Å². The summed E-state index contributed by atoms with van der Waals surface area (Å²) in [5.41, 5.74) is 7.45. The highest BCUT2D eigenvalue weighted by atomic mass is 35.5. The fraction of sp³-hybridized carbons (Fsp3) is 0.556. The smallest absolute Gasteiger partial charge is 0.321 e. The molecule has 1 aliphatic rings. The number of anilines is 1. The molecule has 0 aromatic heterocycles. The molecular weight excluding hydrogens is 340 g/mol. The third-order valence-corrected chi connectivity index (χ3v) is 4.38. The molecule has 0 aliphatic carbocycles. The van der Waals surface area contributed by atoms with Crippen molar-refractivity contribution in [1.29, 1.82) is 0 Å². The number of rotatable bonds is 5. The number of nitrogens with one attached hydrogen (secondary N) is 2. The molecule has 3 amide bonds. The summed E-state index contributed by atoms with van der Waals surface area (Å²) in [5.74, 6) is 0.133. The maximum absolute atomic E-state index is 12.4. The van der Waals surface area contributed by atoms with E-state index in [0.717, 1.165) is 24.1 Å². The Hall–Kier alpha value is -1.79. The van der Waals surface area contributed by atoms with Crippen LogP contribution in [-0.2, 0) is 4.79 Å². The number of carbonyl (C=O) groups excluding carboxylic acids is 2. The minimum absolute atomic E-state index is 0. The largest absolute Gasteiger partial charge is 0.355 e. The lowest BCUT2D eigenvalue weighted by Gasteiger charge is -2.32. The van der Waals surface area contributed by atoms with Crippen LogP contribution in [0.1, 0.15) is 25.3 Å². The van der Waals surface area contributed by atoms with Gasteiger partial charge in [0.05, 0.1) is 5.92 Å². The Morgan fingerprint density at radius 3 is 2.84 bits per heavy atom. The van der Waals surface area contributed by atoms with Crippen molar-refractivity contribution < 1.29 is 9.59 Å². The highest BCUT2D eigenvalue weighted by Gasteiger charge is 2.28. The molecule has 2 rings (SSSR count). The van der Waals surface area contributed by atoms with Gasteiger partial charge in [0, 0.05) is 25.3 Å². The van der Waals surface area contributed by atoms with Crippen molar-refractivity contribution in [1.82, 2.24) is 10.2 Å². The van der Waals surface area contributed by atoms with E-state index >= 15 is 0 Å². The van der Waals surface area contributed by atoms with Gasteiger partial charge in [0.25, 0.3) is 0 Å². The molecule has 1 aromatic carbocycles. The number of amides is 3. The summed E-state index contributed by atoms with van der Waals surface area (Å²) in [5, 5.41) is 5.85. The van der Waals surface area contributed by atoms with Gasteiger partial charge < -0.3 is 21.3 Å². The quantitative estimate of drug-likeness (QED) is 0.745. The molecule has 4 N–H and O–H groups in total. The Morgan fingerprint density at radius 2 is 2.16 bits per heavy atom. The molecule has 1 saturated heterocycles. The number of nitrogens with zero attached hydrogens (tertiary/aromatic N) is 1. The number of nitrogens with two attached hydrogens (primary N) is 1. The number of halogens is 1. The molecule has 0 radical (unpaired) electrons. The molecule has 2 unspecified atom stereocenters. The van der Waals surface area contributed by atoms with Crippen molar-refractivity contribution in [2.75, 3.05) is 31.5 Å². The highest BCUT2D eigenvalue weighted by Crippen LogP contribution is 2.18. The Balaban J connectivity index is 0.00000312. The predicted molar refractivity (Wildman–Crippen MR) is 103 cm³/mol. The first-order valence-electron chi connectivity index (χ1n) is 8.60. The van der Waals surface area contributed by atoms with E-state index < -0.39 is 0 Å². The van der Waals surface area contributed by atoms with Crippen LogP contribution in [0.3, 0.4) is 0 Å². The maximum Gasteiger partial charge on any atom is 0.321 e. The van der Waals surface area contributed by atoms with E-state index in [1.54, 1.807) is 4.90 Å². The van der Waals surface area contributed by atoms with E-state index in [4.69, 9.17) is 5.73 Å². The van der Waals surface area contributed by atoms with E-state index in [1.165, 1.54) is 0 Å². The Bertz CT molecular complexity index is 582. The highest BCUT2D eigenvalue weighted by molar-refractivity contribution is 5.90. The summed E-state index contributed by atoms with van der Waals surface area (Å²) in [6, 6.07) is 7.55. The zero-order valence-corrected chi connectivity index (χ0v) is 15.8. The SMILES string of the molecule is Cc1cccc(NC(=O)N2CCCC(C(=O)NCC(C)CN)C2)c1.Cl. The van der Waals surface area contributed by atoms with Crippen LogP contribution < -0.4 is 16.4 Å². The predicted octanol–water partition coefficient (Wildman–Crippen LogP) is 2.37. The van der Waals surface area contributed by atoms with Crippen molar-refractivity contribution in [2.24, 2.45) is 17.6 Å². The van der Waals surface area contributed by atoms with Gasteiger partial charge in [-0.25, -0.2) is 4.79 Å². The average Bonchev–Trinajstić information content (AvgIpc) is 2.59. The van der Waals surface area contributed by atoms with Gasteiger partial charge in [0.2, 0.25) is 5.91 Å². The van der Waals surface area contributed by atoms with Crippen molar-refractivity contribution >= 4 is 30.0 Å². The van der Waals surface area contributed by atoms with Gasteiger partial charge in [-0.05, 0) is 49.9 Å². The molecule has 1 heterocycles. The summed E-state index contributed by atoms with van der Waals surface area (Å²) in [7, 11) is 0. The summed E-state index contributed by atoms with van der Waals surface area (Å²) in [4.78, 5) is 26.4. The minimum atomic E-state index is -0.146. The number of carbonyl (C=O) groups is 2. The normalized spacial score (nSPS) is 18.0. The van der Waals surface area contributed by atoms with Crippen LogP contribution in [0, 0.1) is 18.8 Å². The third kappa shape index (κ3) is 6.55. The summed E-state index contributed by atoms with van der Waals surface area (Å²) in [6.45, 7) is 6.26. The van der Waals surface area contributed by atoms with Crippen LogP contribution >= 0.6 is 12.4 Å².